The van der Waals surface area contributed by atoms with Crippen molar-refractivity contribution in [3.8, 4) is 5.75 Å². The summed E-state index contributed by atoms with van der Waals surface area (Å²) < 4.78 is 0. The van der Waals surface area contributed by atoms with Gasteiger partial charge in [-0.2, -0.15) is 0 Å². The van der Waals surface area contributed by atoms with Crippen molar-refractivity contribution in [2.75, 3.05) is 10.0 Å². The Hall–Kier alpha value is -3.47. The van der Waals surface area contributed by atoms with Crippen molar-refractivity contribution in [1.29, 1.82) is 0 Å². The van der Waals surface area contributed by atoms with Gasteiger partial charge in [-0.15, -0.1) is 0 Å². The normalized spacial score (nSPS) is 16.0. The number of aliphatic imine (C=N–C) groups is 1. The molecule has 4 nitrogen and oxygen atoms in total. The van der Waals surface area contributed by atoms with E-state index in [0.29, 0.717) is 5.82 Å². The molecule has 2 aliphatic rings. The van der Waals surface area contributed by atoms with Crippen LogP contribution in [0.2, 0.25) is 0 Å². The zero-order valence-corrected chi connectivity index (χ0v) is 14.5. The summed E-state index contributed by atoms with van der Waals surface area (Å²) in [6.07, 6.45) is 12.5. The van der Waals surface area contributed by atoms with E-state index in [4.69, 9.17) is 0 Å². The zero-order chi connectivity index (χ0) is 18.7. The van der Waals surface area contributed by atoms with E-state index in [2.05, 4.69) is 36.5 Å². The number of phenols is 1. The fourth-order valence-electron chi connectivity index (χ4n) is 3.24. The molecule has 0 saturated heterocycles. The quantitative estimate of drug-likeness (QED) is 0.346. The van der Waals surface area contributed by atoms with Crippen molar-refractivity contribution in [3.63, 3.8) is 0 Å². The van der Waals surface area contributed by atoms with Crippen LogP contribution in [0, 0.1) is 0 Å². The molecule has 2 heterocycles. The van der Waals surface area contributed by atoms with Gasteiger partial charge in [0.05, 0.1) is 5.69 Å². The number of anilines is 2. The predicted octanol–water partition coefficient (Wildman–Crippen LogP) is 4.54. The molecule has 3 rings (SSSR count). The van der Waals surface area contributed by atoms with Crippen molar-refractivity contribution in [2.24, 2.45) is 4.99 Å². The number of hydrogen-bond donors (Lipinski definition) is 2. The van der Waals surface area contributed by atoms with Crippen molar-refractivity contribution in [2.45, 2.75) is 0 Å². The Kier molecular flexibility index (Phi) is 4.80. The van der Waals surface area contributed by atoms with E-state index in [9.17, 15) is 5.11 Å². The van der Waals surface area contributed by atoms with Gasteiger partial charge in [0.25, 0.3) is 0 Å². The van der Waals surface area contributed by atoms with Gasteiger partial charge >= 0.3 is 6.98 Å². The zero-order valence-electron chi connectivity index (χ0n) is 14.5. The number of aromatic hydroxyl groups is 1. The number of hydrogen-bond acceptors (Lipinski definition) is 4. The molecule has 0 saturated carbocycles. The first-order valence-electron chi connectivity index (χ1n) is 8.23. The van der Waals surface area contributed by atoms with Crippen LogP contribution in [-0.2, 0) is 0 Å². The summed E-state index contributed by atoms with van der Waals surface area (Å²) in [5.41, 5.74) is 4.58. The van der Waals surface area contributed by atoms with Crippen LogP contribution in [0.1, 0.15) is 0 Å². The highest BCUT2D eigenvalue weighted by atomic mass is 16.3. The van der Waals surface area contributed by atoms with Gasteiger partial charge in [0.2, 0.25) is 0 Å². The number of fused-ring (bicyclic) bond motifs is 3. The summed E-state index contributed by atoms with van der Waals surface area (Å²) in [4.78, 5) is 6.62. The minimum atomic E-state index is -0.184. The molecule has 0 radical (unpaired) electrons. The lowest BCUT2D eigenvalue weighted by atomic mass is 9.61. The molecule has 0 aliphatic carbocycles. The van der Waals surface area contributed by atoms with Crippen LogP contribution in [0.3, 0.4) is 0 Å². The van der Waals surface area contributed by atoms with Gasteiger partial charge in [-0.1, -0.05) is 62.8 Å². The first kappa shape index (κ1) is 17.4. The third kappa shape index (κ3) is 2.73. The molecule has 0 aromatic heterocycles. The molecule has 0 amide bonds. The summed E-state index contributed by atoms with van der Waals surface area (Å²) in [6, 6.07) is 5.24. The van der Waals surface area contributed by atoms with Gasteiger partial charge in [0.1, 0.15) is 11.6 Å². The van der Waals surface area contributed by atoms with Crippen LogP contribution >= 0.6 is 0 Å². The lowest BCUT2D eigenvalue weighted by molar-refractivity contribution is 0.475. The highest BCUT2D eigenvalue weighted by Crippen LogP contribution is 2.45. The van der Waals surface area contributed by atoms with Crippen LogP contribution in [-0.4, -0.2) is 18.3 Å². The second-order valence-electron chi connectivity index (χ2n) is 5.74. The average Bonchev–Trinajstić information content (AvgIpc) is 3.02. The molecule has 0 atom stereocenters. The Morgan fingerprint density at radius 3 is 2.50 bits per heavy atom. The molecule has 0 unspecified atom stereocenters. The lowest BCUT2D eigenvalue weighted by Crippen LogP contribution is -2.45. The van der Waals surface area contributed by atoms with E-state index in [1.54, 1.807) is 36.6 Å². The van der Waals surface area contributed by atoms with Crippen molar-refractivity contribution in [1.82, 2.24) is 0 Å². The molecule has 1 aromatic carbocycles. The molecule has 0 bridgehead atoms. The predicted molar refractivity (Wildman–Crippen MR) is 112 cm³/mol. The van der Waals surface area contributed by atoms with E-state index < -0.39 is 0 Å². The van der Waals surface area contributed by atoms with Crippen LogP contribution in [0.25, 0.3) is 0 Å². The van der Waals surface area contributed by atoms with Gasteiger partial charge in [-0.3, -0.25) is 0 Å². The van der Waals surface area contributed by atoms with Crippen molar-refractivity contribution < 1.29 is 5.11 Å². The van der Waals surface area contributed by atoms with E-state index in [1.165, 1.54) is 0 Å². The molecule has 128 valence electrons. The minimum absolute atomic E-state index is 0.184. The van der Waals surface area contributed by atoms with Crippen LogP contribution < -0.4 is 10.0 Å². The average molecular weight is 341 g/mol. The second kappa shape index (κ2) is 7.19. The summed E-state index contributed by atoms with van der Waals surface area (Å²) in [6.45, 7) is 15.2. The monoisotopic (exact) mass is 341 g/mol. The lowest BCUT2D eigenvalue weighted by Gasteiger charge is -2.32. The van der Waals surface area contributed by atoms with Gasteiger partial charge < -0.3 is 15.1 Å². The summed E-state index contributed by atoms with van der Waals surface area (Å²) in [7, 11) is 0. The van der Waals surface area contributed by atoms with Crippen LogP contribution in [0.4, 0.5) is 11.4 Å². The Morgan fingerprint density at radius 2 is 1.85 bits per heavy atom. The van der Waals surface area contributed by atoms with Crippen LogP contribution in [0.15, 0.2) is 108 Å². The SMILES string of the molecule is C=C/C=C\C1=C(C=C)C(C=C)=C(/N=C\C=C)N2B1Nc1ccc(O)cc12. The van der Waals surface area contributed by atoms with Crippen molar-refractivity contribution >= 4 is 24.6 Å². The summed E-state index contributed by atoms with van der Waals surface area (Å²) in [5.74, 6) is 0.910. The summed E-state index contributed by atoms with van der Waals surface area (Å²) in [5, 5.41) is 13.5. The molecule has 2 aliphatic heterocycles. The Labute approximate surface area is 154 Å². The number of nitrogens with one attached hydrogen (secondary N) is 1. The highest BCUT2D eigenvalue weighted by molar-refractivity contribution is 6.78. The maximum absolute atomic E-state index is 9.98. The molecule has 5 heteroatoms. The Balaban J connectivity index is 2.32. The molecular formula is C21H20BN3O. The topological polar surface area (TPSA) is 47.9 Å². The van der Waals surface area contributed by atoms with Crippen molar-refractivity contribution in [3.05, 3.63) is 103 Å². The maximum Gasteiger partial charge on any atom is 0.415 e. The molecular weight excluding hydrogens is 321 g/mol. The van der Waals surface area contributed by atoms with E-state index >= 15 is 0 Å². The van der Waals surface area contributed by atoms with Crippen LogP contribution in [0.5, 0.6) is 5.75 Å². The van der Waals surface area contributed by atoms with Gasteiger partial charge in [-0.25, -0.2) is 4.99 Å². The highest BCUT2D eigenvalue weighted by Gasteiger charge is 2.43. The first-order valence-corrected chi connectivity index (χ1v) is 8.23. The van der Waals surface area contributed by atoms with E-state index in [1.807, 2.05) is 29.1 Å². The minimum Gasteiger partial charge on any atom is -0.508 e. The Morgan fingerprint density at radius 1 is 1.08 bits per heavy atom. The summed E-state index contributed by atoms with van der Waals surface area (Å²) >= 11 is 0. The maximum atomic E-state index is 9.98. The molecule has 2 N–H and O–H groups in total. The Bertz CT molecular complexity index is 921. The fourth-order valence-corrected chi connectivity index (χ4v) is 3.24. The van der Waals surface area contributed by atoms with E-state index in [0.717, 1.165) is 28.0 Å². The van der Waals surface area contributed by atoms with Gasteiger partial charge in [0.15, 0.2) is 0 Å². The molecule has 0 spiro atoms. The fraction of sp³-hybridized carbons (Fsp3) is 0. The van der Waals surface area contributed by atoms with Gasteiger partial charge in [0, 0.05) is 23.5 Å². The standard InChI is InChI=1S/C21H20BN3O/c1-5-9-10-18-16(7-3)17(8-4)21(23-13-6-2)25-20-14-15(26)11-12-19(20)24-22(18)25/h5-14,24,26H,1-4H2/b10-9-,23-13-. The number of rotatable bonds is 6. The largest absolute Gasteiger partial charge is 0.508 e. The molecule has 0 fully saturated rings. The number of allylic oxidation sites excluding steroid dienone is 9. The molecule has 26 heavy (non-hydrogen) atoms. The molecule has 1 aromatic rings. The second-order valence-corrected chi connectivity index (χ2v) is 5.74. The number of benzene rings is 1. The third-order valence-electron chi connectivity index (χ3n) is 4.28. The number of nitrogens with zero attached hydrogens (tertiary/aromatic N) is 2. The van der Waals surface area contributed by atoms with E-state index in [-0.39, 0.29) is 12.7 Å². The third-order valence-corrected chi connectivity index (χ3v) is 4.28. The van der Waals surface area contributed by atoms with Gasteiger partial charge in [-0.05, 0) is 23.2 Å². The smallest absolute Gasteiger partial charge is 0.415 e. The first-order chi connectivity index (χ1) is 12.7. The number of phenolic OH excluding ortho intramolecular Hbond substituents is 1.